The van der Waals surface area contributed by atoms with Gasteiger partial charge in [-0.2, -0.15) is 0 Å². The molecule has 0 fully saturated rings. The van der Waals surface area contributed by atoms with Crippen molar-refractivity contribution in [2.75, 3.05) is 27.9 Å². The van der Waals surface area contributed by atoms with Crippen molar-refractivity contribution in [3.05, 3.63) is 59.2 Å². The molecule has 0 heterocycles. The van der Waals surface area contributed by atoms with E-state index >= 15 is 0 Å². The number of hydrogen-bond donors (Lipinski definition) is 1. The number of carbonyl (C=O) groups is 2. The largest absolute Gasteiger partial charge is 0.496 e. The third kappa shape index (κ3) is 7.68. The minimum absolute atomic E-state index is 0.0205. The van der Waals surface area contributed by atoms with Crippen molar-refractivity contribution in [3.8, 4) is 11.5 Å². The highest BCUT2D eigenvalue weighted by Gasteiger charge is 2.22. The van der Waals surface area contributed by atoms with E-state index in [1.54, 1.807) is 26.4 Å². The number of hydrogen-bond acceptors (Lipinski definition) is 6. The van der Waals surface area contributed by atoms with Gasteiger partial charge in [-0.1, -0.05) is 36.8 Å². The minimum atomic E-state index is -0.326. The molecule has 0 aliphatic rings. The van der Waals surface area contributed by atoms with E-state index in [0.29, 0.717) is 36.4 Å². The predicted octanol–water partition coefficient (Wildman–Crippen LogP) is 4.52. The zero-order valence-electron chi connectivity index (χ0n) is 19.6. The third-order valence-corrected chi connectivity index (χ3v) is 5.59. The molecule has 1 unspecified atom stereocenters. The van der Waals surface area contributed by atoms with Crippen molar-refractivity contribution in [3.63, 3.8) is 0 Å². The molecule has 1 atom stereocenters. The first kappa shape index (κ1) is 25.4. The second-order valence-corrected chi connectivity index (χ2v) is 7.79. The first-order valence-corrected chi connectivity index (χ1v) is 11.1. The Hall–Kier alpha value is -2.86. The van der Waals surface area contributed by atoms with E-state index in [1.807, 2.05) is 25.1 Å². The lowest BCUT2D eigenvalue weighted by molar-refractivity contribution is -0.140. The van der Waals surface area contributed by atoms with E-state index in [0.717, 1.165) is 31.2 Å². The number of benzene rings is 2. The van der Waals surface area contributed by atoms with E-state index in [-0.39, 0.29) is 17.8 Å². The van der Waals surface area contributed by atoms with E-state index in [9.17, 15) is 9.59 Å². The van der Waals surface area contributed by atoms with Crippen LogP contribution >= 0.6 is 0 Å². The molecule has 2 aromatic rings. The van der Waals surface area contributed by atoms with Crippen molar-refractivity contribution in [2.24, 2.45) is 0 Å². The highest BCUT2D eigenvalue weighted by molar-refractivity contribution is 6.01. The van der Waals surface area contributed by atoms with Gasteiger partial charge in [-0.3, -0.25) is 9.59 Å². The lowest BCUT2D eigenvalue weighted by Crippen LogP contribution is -2.38. The molecular weight excluding hydrogens is 406 g/mol. The normalized spacial score (nSPS) is 11.6. The summed E-state index contributed by atoms with van der Waals surface area (Å²) < 4.78 is 15.6. The van der Waals surface area contributed by atoms with Crippen LogP contribution in [0.1, 0.15) is 53.6 Å². The summed E-state index contributed by atoms with van der Waals surface area (Å²) in [6.07, 6.45) is 4.47. The number of rotatable bonds is 14. The van der Waals surface area contributed by atoms with Gasteiger partial charge in [0.1, 0.15) is 11.5 Å². The molecule has 0 radical (unpaired) electrons. The summed E-state index contributed by atoms with van der Waals surface area (Å²) in [4.78, 5) is 24.7. The summed E-state index contributed by atoms with van der Waals surface area (Å²) in [6, 6.07) is 13.4. The molecule has 0 bridgehead atoms. The van der Waals surface area contributed by atoms with Crippen LogP contribution in [0.25, 0.3) is 0 Å². The van der Waals surface area contributed by atoms with Crippen LogP contribution in [0.3, 0.4) is 0 Å². The number of esters is 1. The zero-order valence-corrected chi connectivity index (χ0v) is 19.6. The van der Waals surface area contributed by atoms with Crippen molar-refractivity contribution in [2.45, 2.75) is 51.5 Å². The summed E-state index contributed by atoms with van der Waals surface area (Å²) in [5, 5.41) is 3.43. The van der Waals surface area contributed by atoms with Crippen molar-refractivity contribution >= 4 is 11.8 Å². The molecule has 0 aromatic heterocycles. The number of ether oxygens (including phenoxy) is 3. The third-order valence-electron chi connectivity index (χ3n) is 5.59. The molecule has 0 spiro atoms. The molecule has 6 heteroatoms. The topological polar surface area (TPSA) is 73.9 Å². The van der Waals surface area contributed by atoms with Gasteiger partial charge in [0.25, 0.3) is 0 Å². The number of carbonyl (C=O) groups excluding carboxylic acids is 2. The lowest BCUT2D eigenvalue weighted by Gasteiger charge is -2.19. The highest BCUT2D eigenvalue weighted by atomic mass is 16.5. The van der Waals surface area contributed by atoms with Crippen LogP contribution in [-0.2, 0) is 16.0 Å². The molecule has 2 rings (SSSR count). The fraction of sp³-hybridized carbons (Fsp3) is 0.462. The summed E-state index contributed by atoms with van der Waals surface area (Å²) in [5.74, 6) is 1.11. The number of ketones is 1. The molecular formula is C26H35NO5. The fourth-order valence-corrected chi connectivity index (χ4v) is 3.66. The number of methoxy groups -OCH3 is 3. The summed E-state index contributed by atoms with van der Waals surface area (Å²) in [6.45, 7) is 2.61. The van der Waals surface area contributed by atoms with Crippen molar-refractivity contribution < 1.29 is 23.8 Å². The Labute approximate surface area is 191 Å². The lowest BCUT2D eigenvalue weighted by atomic mass is 9.96. The van der Waals surface area contributed by atoms with Crippen LogP contribution < -0.4 is 14.8 Å². The SMILES string of the molecule is COC(=O)CCCCCNC(CCc1ccccc1)C(=O)c1cc(OC)c(C)c(OC)c1. The van der Waals surface area contributed by atoms with Crippen LogP contribution in [0.5, 0.6) is 11.5 Å². The second-order valence-electron chi connectivity index (χ2n) is 7.79. The quantitative estimate of drug-likeness (QED) is 0.264. The van der Waals surface area contributed by atoms with Gasteiger partial charge >= 0.3 is 5.97 Å². The van der Waals surface area contributed by atoms with Crippen LogP contribution in [0.15, 0.2) is 42.5 Å². The smallest absolute Gasteiger partial charge is 0.305 e. The molecule has 1 N–H and O–H groups in total. The molecule has 6 nitrogen and oxygen atoms in total. The monoisotopic (exact) mass is 441 g/mol. The molecule has 32 heavy (non-hydrogen) atoms. The predicted molar refractivity (Wildman–Crippen MR) is 126 cm³/mol. The van der Waals surface area contributed by atoms with Gasteiger partial charge < -0.3 is 19.5 Å². The molecule has 174 valence electrons. The highest BCUT2D eigenvalue weighted by Crippen LogP contribution is 2.30. The van der Waals surface area contributed by atoms with Crippen molar-refractivity contribution in [1.82, 2.24) is 5.32 Å². The Morgan fingerprint density at radius 2 is 1.59 bits per heavy atom. The minimum Gasteiger partial charge on any atom is -0.496 e. The van der Waals surface area contributed by atoms with Gasteiger partial charge in [0.05, 0.1) is 27.4 Å². The molecule has 0 saturated carbocycles. The summed E-state index contributed by atoms with van der Waals surface area (Å²) >= 11 is 0. The number of Topliss-reactive ketones (excluding diaryl/α,β-unsaturated/α-hetero) is 1. The fourth-order valence-electron chi connectivity index (χ4n) is 3.66. The molecule has 2 aromatic carbocycles. The standard InChI is InChI=1S/C26H35NO5/c1-19-23(30-2)17-21(18-24(19)31-3)26(29)22(15-14-20-11-7-5-8-12-20)27-16-10-6-9-13-25(28)32-4/h5,7-8,11-12,17-18,22,27H,6,9-10,13-16H2,1-4H3. The van der Waals surface area contributed by atoms with Crippen LogP contribution in [-0.4, -0.2) is 45.7 Å². The van der Waals surface area contributed by atoms with Crippen LogP contribution in [0.2, 0.25) is 0 Å². The van der Waals surface area contributed by atoms with Gasteiger partial charge in [-0.15, -0.1) is 0 Å². The molecule has 0 aliphatic carbocycles. The Bertz CT molecular complexity index is 841. The average molecular weight is 442 g/mol. The second kappa shape index (κ2) is 13.5. The zero-order chi connectivity index (χ0) is 23.3. The van der Waals surface area contributed by atoms with Gasteiger partial charge in [-0.05, 0) is 56.8 Å². The maximum atomic E-state index is 13.4. The maximum Gasteiger partial charge on any atom is 0.305 e. The van der Waals surface area contributed by atoms with Gasteiger partial charge in [0.2, 0.25) is 0 Å². The first-order valence-electron chi connectivity index (χ1n) is 11.1. The van der Waals surface area contributed by atoms with Crippen LogP contribution in [0.4, 0.5) is 0 Å². The Kier molecular flexibility index (Phi) is 10.7. The first-order chi connectivity index (χ1) is 15.5. The molecule has 0 saturated heterocycles. The number of unbranched alkanes of at least 4 members (excludes halogenated alkanes) is 2. The number of aryl methyl sites for hydroxylation is 1. The maximum absolute atomic E-state index is 13.4. The Balaban J connectivity index is 2.07. The number of nitrogens with one attached hydrogen (secondary N) is 1. The van der Waals surface area contributed by atoms with Crippen LogP contribution in [0, 0.1) is 6.92 Å². The Morgan fingerprint density at radius 3 is 2.19 bits per heavy atom. The van der Waals surface area contributed by atoms with E-state index in [4.69, 9.17) is 9.47 Å². The summed E-state index contributed by atoms with van der Waals surface area (Å²) in [7, 11) is 4.59. The van der Waals surface area contributed by atoms with Crippen molar-refractivity contribution in [1.29, 1.82) is 0 Å². The van der Waals surface area contributed by atoms with Gasteiger partial charge in [0, 0.05) is 17.5 Å². The summed E-state index contributed by atoms with van der Waals surface area (Å²) in [5.41, 5.74) is 2.63. The molecule has 0 amide bonds. The van der Waals surface area contributed by atoms with Gasteiger partial charge in [0.15, 0.2) is 5.78 Å². The molecule has 0 aliphatic heterocycles. The van der Waals surface area contributed by atoms with E-state index < -0.39 is 0 Å². The van der Waals surface area contributed by atoms with E-state index in [2.05, 4.69) is 22.2 Å². The average Bonchev–Trinajstić information content (AvgIpc) is 2.83. The van der Waals surface area contributed by atoms with E-state index in [1.165, 1.54) is 12.7 Å². The van der Waals surface area contributed by atoms with Gasteiger partial charge in [-0.25, -0.2) is 0 Å². The Morgan fingerprint density at radius 1 is 0.938 bits per heavy atom.